The molecule has 196 valence electrons. The van der Waals surface area contributed by atoms with E-state index in [1.54, 1.807) is 36.4 Å². The highest BCUT2D eigenvalue weighted by Crippen LogP contribution is 2.28. The number of anilines is 1. The maximum absolute atomic E-state index is 13.7. The van der Waals surface area contributed by atoms with Gasteiger partial charge in [0.2, 0.25) is 21.8 Å². The number of carbonyl (C=O) groups excluding carboxylic acids is 2. The summed E-state index contributed by atoms with van der Waals surface area (Å²) in [5, 5.41) is 3.94. The molecule has 36 heavy (non-hydrogen) atoms. The molecule has 1 fully saturated rings. The van der Waals surface area contributed by atoms with Crippen molar-refractivity contribution in [3.63, 3.8) is 0 Å². The summed E-state index contributed by atoms with van der Waals surface area (Å²) >= 11 is 18.5. The van der Waals surface area contributed by atoms with Crippen molar-refractivity contribution in [2.75, 3.05) is 17.1 Å². The molecule has 0 aliphatic heterocycles. The van der Waals surface area contributed by atoms with E-state index in [1.807, 2.05) is 6.92 Å². The van der Waals surface area contributed by atoms with Gasteiger partial charge in [0, 0.05) is 12.6 Å². The first-order chi connectivity index (χ1) is 17.0. The molecule has 1 N–H and O–H groups in total. The van der Waals surface area contributed by atoms with Crippen molar-refractivity contribution >= 4 is 62.3 Å². The van der Waals surface area contributed by atoms with Crippen LogP contribution in [0.3, 0.4) is 0 Å². The predicted octanol–water partition coefficient (Wildman–Crippen LogP) is 5.28. The van der Waals surface area contributed by atoms with Crippen LogP contribution in [0.1, 0.15) is 44.6 Å². The van der Waals surface area contributed by atoms with Crippen molar-refractivity contribution in [2.24, 2.45) is 0 Å². The zero-order valence-electron chi connectivity index (χ0n) is 20.2. The lowest BCUT2D eigenvalue weighted by molar-refractivity contribution is -0.140. The normalized spacial score (nSPS) is 14.9. The summed E-state index contributed by atoms with van der Waals surface area (Å²) < 4.78 is 26.3. The molecule has 3 rings (SSSR count). The van der Waals surface area contributed by atoms with Crippen LogP contribution in [-0.4, -0.2) is 50.0 Å². The van der Waals surface area contributed by atoms with Gasteiger partial charge in [-0.3, -0.25) is 13.9 Å². The molecular formula is C25H30Cl3N3O4S. The molecule has 0 aromatic heterocycles. The number of hydrogen-bond acceptors (Lipinski definition) is 4. The number of sulfonamides is 1. The van der Waals surface area contributed by atoms with E-state index >= 15 is 0 Å². The van der Waals surface area contributed by atoms with Gasteiger partial charge in [0.15, 0.2) is 0 Å². The second kappa shape index (κ2) is 12.5. The Balaban J connectivity index is 1.95. The van der Waals surface area contributed by atoms with Crippen molar-refractivity contribution in [3.8, 4) is 0 Å². The molecule has 11 heteroatoms. The van der Waals surface area contributed by atoms with Gasteiger partial charge in [-0.2, -0.15) is 0 Å². The van der Waals surface area contributed by atoms with E-state index in [-0.39, 0.29) is 29.2 Å². The van der Waals surface area contributed by atoms with E-state index in [0.717, 1.165) is 36.2 Å². The molecular weight excluding hydrogens is 545 g/mol. The molecule has 1 atom stereocenters. The topological polar surface area (TPSA) is 86.8 Å². The minimum Gasteiger partial charge on any atom is -0.352 e. The molecule has 0 spiro atoms. The largest absolute Gasteiger partial charge is 0.352 e. The molecule has 0 radical (unpaired) electrons. The lowest BCUT2D eigenvalue weighted by atomic mass is 10.1. The fourth-order valence-electron chi connectivity index (χ4n) is 4.37. The predicted molar refractivity (Wildman–Crippen MR) is 145 cm³/mol. The second-order valence-corrected chi connectivity index (χ2v) is 12.0. The Kier molecular flexibility index (Phi) is 9.92. The molecule has 1 unspecified atom stereocenters. The monoisotopic (exact) mass is 573 g/mol. The van der Waals surface area contributed by atoms with Gasteiger partial charge in [0.25, 0.3) is 0 Å². The number of nitrogens with one attached hydrogen (secondary N) is 1. The SMILES string of the molecule is CCC(C(=O)NC1CCCC1)N(Cc1ccc(Cl)c(Cl)c1)C(=O)CN(c1ccccc1Cl)S(C)(=O)=O. The zero-order valence-corrected chi connectivity index (χ0v) is 23.3. The van der Waals surface area contributed by atoms with Crippen LogP contribution in [0.4, 0.5) is 5.69 Å². The number of nitrogens with zero attached hydrogens (tertiary/aromatic N) is 2. The van der Waals surface area contributed by atoms with Crippen LogP contribution in [0.2, 0.25) is 15.1 Å². The number of rotatable bonds is 10. The van der Waals surface area contributed by atoms with Gasteiger partial charge >= 0.3 is 0 Å². The van der Waals surface area contributed by atoms with Crippen LogP contribution in [0.15, 0.2) is 42.5 Å². The Morgan fingerprint density at radius 2 is 1.69 bits per heavy atom. The van der Waals surface area contributed by atoms with Gasteiger partial charge in [-0.25, -0.2) is 8.42 Å². The van der Waals surface area contributed by atoms with Crippen LogP contribution in [0, 0.1) is 0 Å². The third-order valence-corrected chi connectivity index (χ3v) is 8.41. The maximum atomic E-state index is 13.7. The van der Waals surface area contributed by atoms with E-state index in [1.165, 1.54) is 11.0 Å². The van der Waals surface area contributed by atoms with Gasteiger partial charge < -0.3 is 10.2 Å². The van der Waals surface area contributed by atoms with Crippen LogP contribution in [0.25, 0.3) is 0 Å². The molecule has 2 aromatic rings. The molecule has 0 saturated heterocycles. The highest BCUT2D eigenvalue weighted by atomic mass is 35.5. The second-order valence-electron chi connectivity index (χ2n) is 8.91. The molecule has 1 aliphatic rings. The number of amides is 2. The lowest BCUT2D eigenvalue weighted by Crippen LogP contribution is -2.53. The number of halogens is 3. The number of para-hydroxylation sites is 1. The standard InChI is InChI=1S/C25H30Cl3N3O4S/c1-3-22(25(33)29-18-8-4-5-9-18)30(15-17-12-13-19(26)21(28)14-17)24(32)16-31(36(2,34)35)23-11-7-6-10-20(23)27/h6-7,10-14,18,22H,3-5,8-9,15-16H2,1-2H3,(H,29,33). The minimum absolute atomic E-state index is 0.0481. The fraction of sp³-hybridized carbons (Fsp3) is 0.440. The Hall–Kier alpha value is -2.00. The first kappa shape index (κ1) is 28.6. The summed E-state index contributed by atoms with van der Waals surface area (Å²) in [4.78, 5) is 28.4. The Morgan fingerprint density at radius 3 is 2.28 bits per heavy atom. The molecule has 0 bridgehead atoms. The summed E-state index contributed by atoms with van der Waals surface area (Å²) in [5.74, 6) is -0.804. The van der Waals surface area contributed by atoms with Crippen molar-refractivity contribution in [3.05, 3.63) is 63.1 Å². The van der Waals surface area contributed by atoms with Gasteiger partial charge in [-0.1, -0.05) is 72.8 Å². The van der Waals surface area contributed by atoms with E-state index < -0.39 is 28.5 Å². The number of carbonyl (C=O) groups is 2. The van der Waals surface area contributed by atoms with E-state index in [9.17, 15) is 18.0 Å². The van der Waals surface area contributed by atoms with Gasteiger partial charge in [0.1, 0.15) is 12.6 Å². The highest BCUT2D eigenvalue weighted by Gasteiger charge is 2.33. The van der Waals surface area contributed by atoms with Crippen LogP contribution in [0.5, 0.6) is 0 Å². The van der Waals surface area contributed by atoms with Crippen molar-refractivity contribution in [1.82, 2.24) is 10.2 Å². The quantitative estimate of drug-likeness (QED) is 0.418. The van der Waals surface area contributed by atoms with Gasteiger partial charge in [-0.15, -0.1) is 0 Å². The van der Waals surface area contributed by atoms with Gasteiger partial charge in [-0.05, 0) is 49.1 Å². The smallest absolute Gasteiger partial charge is 0.244 e. The number of hydrogen-bond donors (Lipinski definition) is 1. The molecule has 2 aromatic carbocycles. The van der Waals surface area contributed by atoms with Crippen molar-refractivity contribution in [1.29, 1.82) is 0 Å². The van der Waals surface area contributed by atoms with E-state index in [2.05, 4.69) is 5.32 Å². The third-order valence-electron chi connectivity index (χ3n) is 6.22. The van der Waals surface area contributed by atoms with Crippen molar-refractivity contribution < 1.29 is 18.0 Å². The first-order valence-electron chi connectivity index (χ1n) is 11.8. The molecule has 0 heterocycles. The van der Waals surface area contributed by atoms with E-state index in [0.29, 0.717) is 22.0 Å². The average Bonchev–Trinajstić information content (AvgIpc) is 3.32. The van der Waals surface area contributed by atoms with Crippen LogP contribution >= 0.6 is 34.8 Å². The highest BCUT2D eigenvalue weighted by molar-refractivity contribution is 7.92. The minimum atomic E-state index is -3.86. The van der Waals surface area contributed by atoms with Crippen molar-refractivity contribution in [2.45, 2.75) is 57.7 Å². The maximum Gasteiger partial charge on any atom is 0.244 e. The number of benzene rings is 2. The summed E-state index contributed by atoms with van der Waals surface area (Å²) in [7, 11) is -3.86. The lowest BCUT2D eigenvalue weighted by Gasteiger charge is -2.33. The van der Waals surface area contributed by atoms with Crippen LogP contribution in [-0.2, 0) is 26.2 Å². The summed E-state index contributed by atoms with van der Waals surface area (Å²) in [6.45, 7) is 1.35. The summed E-state index contributed by atoms with van der Waals surface area (Å²) in [6, 6.07) is 10.6. The molecule has 7 nitrogen and oxygen atoms in total. The van der Waals surface area contributed by atoms with Gasteiger partial charge in [0.05, 0.1) is 27.0 Å². The summed E-state index contributed by atoms with van der Waals surface area (Å²) in [5.41, 5.74) is 0.849. The molecule has 1 saturated carbocycles. The first-order valence-corrected chi connectivity index (χ1v) is 14.8. The Labute approximate surface area is 227 Å². The zero-order chi connectivity index (χ0) is 26.5. The molecule has 2 amide bonds. The average molecular weight is 575 g/mol. The fourth-order valence-corrected chi connectivity index (χ4v) is 5.84. The van der Waals surface area contributed by atoms with Crippen LogP contribution < -0.4 is 9.62 Å². The van der Waals surface area contributed by atoms with E-state index in [4.69, 9.17) is 34.8 Å². The summed E-state index contributed by atoms with van der Waals surface area (Å²) in [6.07, 6.45) is 5.26. The molecule has 1 aliphatic carbocycles. The Morgan fingerprint density at radius 1 is 1.03 bits per heavy atom. The Bertz CT molecular complexity index is 1200. The third kappa shape index (κ3) is 7.28.